The van der Waals surface area contributed by atoms with Crippen molar-refractivity contribution in [2.75, 3.05) is 34.0 Å². The van der Waals surface area contributed by atoms with Crippen molar-refractivity contribution in [2.24, 2.45) is 5.41 Å². The summed E-state index contributed by atoms with van der Waals surface area (Å²) in [7, 11) is 3.10. The lowest BCUT2D eigenvalue weighted by Gasteiger charge is -2.37. The summed E-state index contributed by atoms with van der Waals surface area (Å²) in [4.78, 5) is 11.8. The number of hydrogen-bond donors (Lipinski definition) is 1. The Hall–Kier alpha value is -1.99. The van der Waals surface area contributed by atoms with E-state index in [4.69, 9.17) is 18.9 Å². The van der Waals surface area contributed by atoms with Gasteiger partial charge in [0.2, 0.25) is 0 Å². The van der Waals surface area contributed by atoms with E-state index in [1.165, 1.54) is 11.3 Å². The number of fused-ring (bicyclic) bond motifs is 1. The lowest BCUT2D eigenvalue weighted by atomic mass is 9.85. The molecule has 0 saturated carbocycles. The molecule has 2 heterocycles. The molecule has 3 rings (SSSR count). The first kappa shape index (κ1) is 16.9. The second kappa shape index (κ2) is 6.49. The van der Waals surface area contributed by atoms with E-state index < -0.39 is 5.97 Å². The van der Waals surface area contributed by atoms with Crippen LogP contribution in [-0.4, -0.2) is 45.1 Å². The van der Waals surface area contributed by atoms with Crippen LogP contribution in [0.2, 0.25) is 0 Å². The average Bonchev–Trinajstić information content (AvgIpc) is 2.89. The van der Waals surface area contributed by atoms with Crippen molar-refractivity contribution in [3.05, 3.63) is 17.0 Å². The van der Waals surface area contributed by atoms with Gasteiger partial charge in [-0.3, -0.25) is 0 Å². The van der Waals surface area contributed by atoms with Gasteiger partial charge in [0.25, 0.3) is 0 Å². The van der Waals surface area contributed by atoms with Crippen molar-refractivity contribution < 1.29 is 28.8 Å². The van der Waals surface area contributed by atoms with Crippen LogP contribution in [-0.2, 0) is 4.74 Å². The first-order valence-corrected chi connectivity index (χ1v) is 8.41. The first-order chi connectivity index (χ1) is 11.5. The molecule has 0 unspecified atom stereocenters. The topological polar surface area (TPSA) is 74.2 Å². The molecule has 0 atom stereocenters. The molecule has 1 aliphatic heterocycles. The van der Waals surface area contributed by atoms with E-state index in [-0.39, 0.29) is 10.3 Å². The summed E-state index contributed by atoms with van der Waals surface area (Å²) in [5.41, 5.74) is 0.121. The van der Waals surface area contributed by atoms with Crippen LogP contribution < -0.4 is 14.2 Å². The molecule has 0 amide bonds. The minimum atomic E-state index is -0.998. The van der Waals surface area contributed by atoms with Crippen molar-refractivity contribution in [1.29, 1.82) is 0 Å². The fourth-order valence-corrected chi connectivity index (χ4v) is 3.68. The third kappa shape index (κ3) is 3.01. The van der Waals surface area contributed by atoms with Crippen molar-refractivity contribution in [3.63, 3.8) is 0 Å². The largest absolute Gasteiger partial charge is 0.493 e. The molecule has 1 fully saturated rings. The molecule has 1 aromatic heterocycles. The van der Waals surface area contributed by atoms with Crippen molar-refractivity contribution in [2.45, 2.75) is 13.3 Å². The summed E-state index contributed by atoms with van der Waals surface area (Å²) in [5.74, 6) is 0.507. The van der Waals surface area contributed by atoms with Gasteiger partial charge in [0.15, 0.2) is 22.1 Å². The molecular weight excluding hydrogens is 332 g/mol. The van der Waals surface area contributed by atoms with E-state index in [2.05, 4.69) is 6.92 Å². The molecule has 0 aliphatic carbocycles. The zero-order valence-corrected chi connectivity index (χ0v) is 14.7. The highest BCUT2D eigenvalue weighted by Crippen LogP contribution is 2.43. The van der Waals surface area contributed by atoms with E-state index in [1.807, 2.05) is 0 Å². The van der Waals surface area contributed by atoms with Crippen LogP contribution in [0.25, 0.3) is 10.1 Å². The number of benzene rings is 1. The zero-order valence-electron chi connectivity index (χ0n) is 13.9. The molecule has 2 aromatic rings. The number of methoxy groups -OCH3 is 2. The molecule has 0 bridgehead atoms. The van der Waals surface area contributed by atoms with E-state index >= 15 is 0 Å². The number of thiophene rings is 1. The standard InChI is InChI=1S/C17H20O6S/c1-17(8-22-9-17)4-5-23-14-10-6-11(20-2)12(21-3)7-13(10)24-15(14)16(18)19/h6-7H,4-5,8-9H2,1-3H3,(H,18,19). The van der Waals surface area contributed by atoms with Gasteiger partial charge in [0.05, 0.1) is 34.0 Å². The van der Waals surface area contributed by atoms with Crippen LogP contribution in [0.15, 0.2) is 12.1 Å². The number of ether oxygens (including phenoxy) is 4. The Morgan fingerprint density at radius 2 is 1.96 bits per heavy atom. The Labute approximate surface area is 143 Å². The number of aromatic carboxylic acids is 1. The molecule has 24 heavy (non-hydrogen) atoms. The van der Waals surface area contributed by atoms with Crippen LogP contribution >= 0.6 is 11.3 Å². The average molecular weight is 352 g/mol. The summed E-state index contributed by atoms with van der Waals surface area (Å²) in [5, 5.41) is 10.2. The minimum absolute atomic E-state index is 0.121. The van der Waals surface area contributed by atoms with Gasteiger partial charge < -0.3 is 24.1 Å². The maximum Gasteiger partial charge on any atom is 0.349 e. The van der Waals surface area contributed by atoms with Gasteiger partial charge in [-0.2, -0.15) is 0 Å². The van der Waals surface area contributed by atoms with E-state index in [9.17, 15) is 9.90 Å². The first-order valence-electron chi connectivity index (χ1n) is 7.60. The highest BCUT2D eigenvalue weighted by molar-refractivity contribution is 7.21. The zero-order chi connectivity index (χ0) is 17.3. The van der Waals surface area contributed by atoms with Crippen LogP contribution in [0.1, 0.15) is 23.0 Å². The summed E-state index contributed by atoms with van der Waals surface area (Å²) in [6.07, 6.45) is 0.816. The number of hydrogen-bond acceptors (Lipinski definition) is 6. The highest BCUT2D eigenvalue weighted by atomic mass is 32.1. The van der Waals surface area contributed by atoms with Gasteiger partial charge in [0, 0.05) is 21.6 Å². The van der Waals surface area contributed by atoms with Crippen molar-refractivity contribution >= 4 is 27.4 Å². The quantitative estimate of drug-likeness (QED) is 0.823. The van der Waals surface area contributed by atoms with Crippen LogP contribution in [0, 0.1) is 5.41 Å². The summed E-state index contributed by atoms with van der Waals surface area (Å²) in [6, 6.07) is 3.54. The predicted molar refractivity (Wildman–Crippen MR) is 90.9 cm³/mol. The number of carboxylic acids is 1. The minimum Gasteiger partial charge on any atom is -0.493 e. The summed E-state index contributed by atoms with van der Waals surface area (Å²) >= 11 is 1.17. The molecule has 1 aliphatic rings. The fourth-order valence-electron chi connectivity index (χ4n) is 2.68. The summed E-state index contributed by atoms with van der Waals surface area (Å²) in [6.45, 7) is 4.02. The summed E-state index contributed by atoms with van der Waals surface area (Å²) < 4.78 is 22.5. The molecular formula is C17H20O6S. The van der Waals surface area contributed by atoms with Crippen molar-refractivity contribution in [1.82, 2.24) is 0 Å². The van der Waals surface area contributed by atoms with Gasteiger partial charge >= 0.3 is 5.97 Å². The smallest absolute Gasteiger partial charge is 0.349 e. The third-order valence-corrected chi connectivity index (χ3v) is 5.32. The predicted octanol–water partition coefficient (Wildman–Crippen LogP) is 3.42. The van der Waals surface area contributed by atoms with E-state index in [0.29, 0.717) is 23.9 Å². The Bertz CT molecular complexity index is 762. The molecule has 0 spiro atoms. The lowest BCUT2D eigenvalue weighted by Crippen LogP contribution is -2.40. The second-order valence-electron chi connectivity index (χ2n) is 6.17. The molecule has 1 N–H and O–H groups in total. The van der Waals surface area contributed by atoms with Gasteiger partial charge in [-0.1, -0.05) is 6.92 Å². The highest BCUT2D eigenvalue weighted by Gasteiger charge is 2.33. The molecule has 6 nitrogen and oxygen atoms in total. The Morgan fingerprint density at radius 1 is 1.29 bits per heavy atom. The van der Waals surface area contributed by atoms with Crippen LogP contribution in [0.4, 0.5) is 0 Å². The van der Waals surface area contributed by atoms with Gasteiger partial charge in [0.1, 0.15) is 0 Å². The van der Waals surface area contributed by atoms with Gasteiger partial charge in [-0.05, 0) is 12.5 Å². The monoisotopic (exact) mass is 352 g/mol. The molecule has 1 saturated heterocycles. The number of rotatable bonds is 7. The lowest BCUT2D eigenvalue weighted by molar-refractivity contribution is -0.109. The second-order valence-corrected chi connectivity index (χ2v) is 7.22. The SMILES string of the molecule is COc1cc2sc(C(=O)O)c(OCCC3(C)COC3)c2cc1OC. The van der Waals surface area contributed by atoms with Gasteiger partial charge in [-0.25, -0.2) is 4.79 Å². The fraction of sp³-hybridized carbons (Fsp3) is 0.471. The van der Waals surface area contributed by atoms with Crippen LogP contribution in [0.3, 0.4) is 0 Å². The van der Waals surface area contributed by atoms with E-state index in [1.54, 1.807) is 26.4 Å². The van der Waals surface area contributed by atoms with E-state index in [0.717, 1.165) is 29.7 Å². The Kier molecular flexibility index (Phi) is 4.56. The third-order valence-electron chi connectivity index (χ3n) is 4.20. The maximum atomic E-state index is 11.6. The molecule has 7 heteroatoms. The molecule has 130 valence electrons. The Balaban J connectivity index is 1.93. The number of carboxylic acid groups (broad SMARTS) is 1. The molecule has 0 radical (unpaired) electrons. The van der Waals surface area contributed by atoms with Gasteiger partial charge in [-0.15, -0.1) is 11.3 Å². The normalized spacial score (nSPS) is 15.8. The number of carbonyl (C=O) groups is 1. The molecule has 1 aromatic carbocycles. The maximum absolute atomic E-state index is 11.6. The van der Waals surface area contributed by atoms with Crippen molar-refractivity contribution in [3.8, 4) is 17.2 Å². The van der Waals surface area contributed by atoms with Crippen LogP contribution in [0.5, 0.6) is 17.2 Å². The Morgan fingerprint density at radius 3 is 2.50 bits per heavy atom.